The number of hydrogen-bond donors (Lipinski definition) is 0. The minimum Gasteiger partial charge on any atom is -0.454 e. The highest BCUT2D eigenvalue weighted by atomic mass is 16.3. The van der Waals surface area contributed by atoms with Crippen molar-refractivity contribution in [2.75, 3.05) is 0 Å². The average molecular weight is 638 g/mol. The number of hydrogen-bond acceptors (Lipinski definition) is 3. The third kappa shape index (κ3) is 3.81. The van der Waals surface area contributed by atoms with Crippen LogP contribution in [0.15, 0.2) is 168 Å². The Kier molecular flexibility index (Phi) is 5.63. The summed E-state index contributed by atoms with van der Waals surface area (Å²) in [5, 5.41) is 9.07. The van der Waals surface area contributed by atoms with Gasteiger partial charge in [-0.25, -0.2) is 9.97 Å². The minimum absolute atomic E-state index is 0.768. The first-order chi connectivity index (χ1) is 24.8. The molecule has 0 atom stereocenters. The molecule has 50 heavy (non-hydrogen) atoms. The summed E-state index contributed by atoms with van der Waals surface area (Å²) in [6.45, 7) is 0. The normalized spacial score (nSPS) is 12.0. The SMILES string of the molecule is c1ccc(-c2ccc(-c3nc4ccc5ccccc5c4nc3-n3c4ccccc4c4c5ccccc5c5c6ccccc6oc5c43)cc2)cc1. The number of furan rings is 1. The molecule has 0 unspecified atom stereocenters. The Balaban J connectivity index is 1.33. The Labute approximate surface area is 286 Å². The van der Waals surface area contributed by atoms with Gasteiger partial charge in [-0.1, -0.05) is 146 Å². The molecule has 4 nitrogen and oxygen atoms in total. The maximum absolute atomic E-state index is 6.86. The fourth-order valence-electron chi connectivity index (χ4n) is 7.93. The molecule has 0 spiro atoms. The van der Waals surface area contributed by atoms with Gasteiger partial charge < -0.3 is 4.42 Å². The second kappa shape index (κ2) is 10.4. The van der Waals surface area contributed by atoms with Gasteiger partial charge in [-0.15, -0.1) is 0 Å². The minimum atomic E-state index is 0.768. The Morgan fingerprint density at radius 2 is 1.06 bits per heavy atom. The molecule has 0 amide bonds. The van der Waals surface area contributed by atoms with E-state index in [1.165, 1.54) is 16.3 Å². The van der Waals surface area contributed by atoms with Crippen molar-refractivity contribution in [2.45, 2.75) is 0 Å². The first-order valence-electron chi connectivity index (χ1n) is 16.9. The number of para-hydroxylation sites is 2. The maximum atomic E-state index is 6.86. The first-order valence-corrected chi connectivity index (χ1v) is 16.9. The van der Waals surface area contributed by atoms with Crippen LogP contribution in [0.2, 0.25) is 0 Å². The van der Waals surface area contributed by atoms with E-state index in [1.54, 1.807) is 0 Å². The topological polar surface area (TPSA) is 43.9 Å². The fraction of sp³-hybridized carbons (Fsp3) is 0. The largest absolute Gasteiger partial charge is 0.454 e. The van der Waals surface area contributed by atoms with Crippen molar-refractivity contribution in [1.82, 2.24) is 14.5 Å². The molecule has 3 heterocycles. The van der Waals surface area contributed by atoms with Crippen LogP contribution in [0.4, 0.5) is 0 Å². The molecule has 3 aromatic heterocycles. The maximum Gasteiger partial charge on any atom is 0.165 e. The Morgan fingerprint density at radius 1 is 0.440 bits per heavy atom. The van der Waals surface area contributed by atoms with Gasteiger partial charge in [0.05, 0.1) is 22.1 Å². The Bertz CT molecular complexity index is 3140. The predicted molar refractivity (Wildman–Crippen MR) is 207 cm³/mol. The number of fused-ring (bicyclic) bond motifs is 13. The number of aromatic nitrogens is 3. The monoisotopic (exact) mass is 637 g/mol. The third-order valence-electron chi connectivity index (χ3n) is 10.2. The standard InChI is InChI=1S/C46H27N3O/c1-2-12-28(13-3-1)29-22-24-31(25-23-29)42-46(48-43-32-15-5-4-14-30(32)26-27-37(43)47-42)49-38-20-10-8-18-35(38)40-33-16-6-7-17-34(33)41-36-19-9-11-21-39(36)50-45(41)44(40)49/h1-27H. The van der Waals surface area contributed by atoms with Crippen molar-refractivity contribution < 1.29 is 4.42 Å². The summed E-state index contributed by atoms with van der Waals surface area (Å²) in [7, 11) is 0. The molecule has 11 rings (SSSR count). The van der Waals surface area contributed by atoms with E-state index in [2.05, 4.69) is 156 Å². The highest BCUT2D eigenvalue weighted by Crippen LogP contribution is 2.46. The molecule has 4 heteroatoms. The van der Waals surface area contributed by atoms with Crippen molar-refractivity contribution in [3.05, 3.63) is 164 Å². The lowest BCUT2D eigenvalue weighted by molar-refractivity contribution is 0.671. The predicted octanol–water partition coefficient (Wildman–Crippen LogP) is 12.3. The summed E-state index contributed by atoms with van der Waals surface area (Å²) >= 11 is 0. The summed E-state index contributed by atoms with van der Waals surface area (Å²) < 4.78 is 9.17. The van der Waals surface area contributed by atoms with Gasteiger partial charge >= 0.3 is 0 Å². The van der Waals surface area contributed by atoms with E-state index in [-0.39, 0.29) is 0 Å². The molecule has 8 aromatic carbocycles. The van der Waals surface area contributed by atoms with Crippen molar-refractivity contribution in [3.8, 4) is 28.2 Å². The first kappa shape index (κ1) is 27.2. The van der Waals surface area contributed by atoms with E-state index in [0.29, 0.717) is 0 Å². The van der Waals surface area contributed by atoms with E-state index in [4.69, 9.17) is 14.4 Å². The lowest BCUT2D eigenvalue weighted by Crippen LogP contribution is -2.04. The molecule has 0 radical (unpaired) electrons. The molecule has 0 aliphatic carbocycles. The highest BCUT2D eigenvalue weighted by molar-refractivity contribution is 6.35. The van der Waals surface area contributed by atoms with Crippen LogP contribution >= 0.6 is 0 Å². The molecule has 11 aromatic rings. The van der Waals surface area contributed by atoms with Crippen LogP contribution in [-0.2, 0) is 0 Å². The lowest BCUT2D eigenvalue weighted by atomic mass is 9.99. The van der Waals surface area contributed by atoms with Gasteiger partial charge in [-0.2, -0.15) is 0 Å². The van der Waals surface area contributed by atoms with Crippen LogP contribution in [0, 0.1) is 0 Å². The summed E-state index contributed by atoms with van der Waals surface area (Å²) in [5.74, 6) is 0.768. The highest BCUT2D eigenvalue weighted by Gasteiger charge is 2.25. The molecular formula is C46H27N3O. The zero-order valence-electron chi connectivity index (χ0n) is 26.8. The second-order valence-electron chi connectivity index (χ2n) is 12.9. The third-order valence-corrected chi connectivity index (χ3v) is 10.2. The summed E-state index contributed by atoms with van der Waals surface area (Å²) in [6.07, 6.45) is 0. The van der Waals surface area contributed by atoms with E-state index in [9.17, 15) is 0 Å². The lowest BCUT2D eigenvalue weighted by Gasteiger charge is -2.15. The van der Waals surface area contributed by atoms with E-state index in [1.807, 2.05) is 12.1 Å². The quantitative estimate of drug-likeness (QED) is 0.181. The zero-order chi connectivity index (χ0) is 32.8. The molecular weight excluding hydrogens is 611 g/mol. The van der Waals surface area contributed by atoms with Gasteiger partial charge in [0.1, 0.15) is 11.3 Å². The molecule has 232 valence electrons. The van der Waals surface area contributed by atoms with Crippen molar-refractivity contribution >= 4 is 76.3 Å². The van der Waals surface area contributed by atoms with Crippen LogP contribution < -0.4 is 0 Å². The average Bonchev–Trinajstić information content (AvgIpc) is 3.75. The van der Waals surface area contributed by atoms with Crippen molar-refractivity contribution in [3.63, 3.8) is 0 Å². The van der Waals surface area contributed by atoms with Crippen LogP contribution in [0.3, 0.4) is 0 Å². The van der Waals surface area contributed by atoms with Crippen LogP contribution in [0.1, 0.15) is 0 Å². The number of rotatable bonds is 3. The second-order valence-corrected chi connectivity index (χ2v) is 12.9. The Morgan fingerprint density at radius 3 is 1.88 bits per heavy atom. The molecule has 0 saturated carbocycles. The van der Waals surface area contributed by atoms with Gasteiger partial charge in [0.2, 0.25) is 0 Å². The van der Waals surface area contributed by atoms with E-state index >= 15 is 0 Å². The number of benzene rings is 8. The summed E-state index contributed by atoms with van der Waals surface area (Å²) in [6, 6.07) is 57.5. The van der Waals surface area contributed by atoms with E-state index in [0.717, 1.165) is 88.2 Å². The Hall–Kier alpha value is -6.78. The van der Waals surface area contributed by atoms with Crippen LogP contribution in [-0.4, -0.2) is 14.5 Å². The smallest absolute Gasteiger partial charge is 0.165 e. The van der Waals surface area contributed by atoms with E-state index < -0.39 is 0 Å². The van der Waals surface area contributed by atoms with Crippen LogP contribution in [0.5, 0.6) is 0 Å². The van der Waals surface area contributed by atoms with Gasteiger partial charge in [0.25, 0.3) is 0 Å². The molecule has 0 N–H and O–H groups in total. The molecule has 0 fully saturated rings. The van der Waals surface area contributed by atoms with Crippen LogP contribution in [0.25, 0.3) is 105 Å². The van der Waals surface area contributed by atoms with Gasteiger partial charge in [0, 0.05) is 32.5 Å². The summed E-state index contributed by atoms with van der Waals surface area (Å²) in [4.78, 5) is 11.0. The van der Waals surface area contributed by atoms with Crippen molar-refractivity contribution in [1.29, 1.82) is 0 Å². The zero-order valence-corrected chi connectivity index (χ0v) is 26.8. The number of nitrogens with zero attached hydrogens (tertiary/aromatic N) is 3. The van der Waals surface area contributed by atoms with Gasteiger partial charge in [-0.3, -0.25) is 4.57 Å². The van der Waals surface area contributed by atoms with Gasteiger partial charge in [-0.05, 0) is 45.5 Å². The molecule has 0 aliphatic rings. The molecule has 0 bridgehead atoms. The molecule has 0 saturated heterocycles. The summed E-state index contributed by atoms with van der Waals surface area (Å²) in [5.41, 5.74) is 9.63. The van der Waals surface area contributed by atoms with Crippen molar-refractivity contribution in [2.24, 2.45) is 0 Å². The van der Waals surface area contributed by atoms with Gasteiger partial charge in [0.15, 0.2) is 11.4 Å². The molecule has 0 aliphatic heterocycles. The fourth-order valence-corrected chi connectivity index (χ4v) is 7.93.